The molecule has 2 atom stereocenters. The van der Waals surface area contributed by atoms with Crippen molar-refractivity contribution in [2.24, 2.45) is 5.92 Å². The Balaban J connectivity index is 2.15. The monoisotopic (exact) mass is 311 g/mol. The van der Waals surface area contributed by atoms with Gasteiger partial charge in [0.2, 0.25) is 0 Å². The van der Waals surface area contributed by atoms with Crippen LogP contribution >= 0.6 is 15.9 Å². The third kappa shape index (κ3) is 3.27. The molecule has 1 saturated carbocycles. The number of aliphatic hydroxyl groups excluding tert-OH is 1. The van der Waals surface area contributed by atoms with Crippen molar-refractivity contribution in [2.75, 3.05) is 11.9 Å². The Morgan fingerprint density at radius 3 is 2.83 bits per heavy atom. The van der Waals surface area contributed by atoms with Crippen molar-refractivity contribution in [3.63, 3.8) is 0 Å². The molecular weight excluding hydrogens is 290 g/mol. The first kappa shape index (κ1) is 13.9. The molecule has 1 aromatic rings. The molecule has 18 heavy (non-hydrogen) atoms. The van der Waals surface area contributed by atoms with Gasteiger partial charge in [0.15, 0.2) is 0 Å². The van der Waals surface area contributed by atoms with E-state index in [9.17, 15) is 5.11 Å². The topological polar surface area (TPSA) is 32.3 Å². The number of anilines is 1. The lowest BCUT2D eigenvalue weighted by Gasteiger charge is -2.33. The second-order valence-corrected chi connectivity index (χ2v) is 6.43. The lowest BCUT2D eigenvalue weighted by atomic mass is 9.90. The number of para-hydroxylation sites is 1. The average Bonchev–Trinajstić information content (AvgIpc) is 2.56. The van der Waals surface area contributed by atoms with Gasteiger partial charge >= 0.3 is 0 Å². The summed E-state index contributed by atoms with van der Waals surface area (Å²) in [7, 11) is 0. The highest BCUT2D eigenvalue weighted by atomic mass is 79.9. The highest BCUT2D eigenvalue weighted by molar-refractivity contribution is 9.10. The van der Waals surface area contributed by atoms with E-state index in [1.54, 1.807) is 0 Å². The number of benzene rings is 1. The number of aliphatic hydroxyl groups is 1. The van der Waals surface area contributed by atoms with Crippen LogP contribution in [-0.4, -0.2) is 17.3 Å². The Morgan fingerprint density at radius 1 is 1.33 bits per heavy atom. The summed E-state index contributed by atoms with van der Waals surface area (Å²) in [5.41, 5.74) is 0.940. The summed E-state index contributed by atoms with van der Waals surface area (Å²) in [6.45, 7) is 2.52. The fraction of sp³-hybridized carbons (Fsp3) is 0.600. The van der Waals surface area contributed by atoms with Gasteiger partial charge in [0.25, 0.3) is 0 Å². The van der Waals surface area contributed by atoms with Gasteiger partial charge in [0, 0.05) is 10.2 Å². The summed E-state index contributed by atoms with van der Waals surface area (Å²) in [5.74, 6) is 0.777. The van der Waals surface area contributed by atoms with Crippen LogP contribution in [0.3, 0.4) is 0 Å². The minimum atomic E-state index is -0.144. The van der Waals surface area contributed by atoms with Gasteiger partial charge < -0.3 is 10.4 Å². The summed E-state index contributed by atoms with van der Waals surface area (Å²) >= 11 is 3.56. The molecule has 2 rings (SSSR count). The second kappa shape index (κ2) is 6.07. The number of hydrogen-bond donors (Lipinski definition) is 2. The second-order valence-electron chi connectivity index (χ2n) is 5.58. The molecule has 3 heteroatoms. The zero-order valence-corrected chi connectivity index (χ0v) is 12.5. The number of nitrogens with one attached hydrogen (secondary N) is 1. The molecule has 0 spiro atoms. The van der Waals surface area contributed by atoms with E-state index in [1.165, 1.54) is 19.3 Å². The Kier molecular flexibility index (Phi) is 4.68. The molecule has 0 aromatic heterocycles. The van der Waals surface area contributed by atoms with Crippen LogP contribution in [0, 0.1) is 5.92 Å². The van der Waals surface area contributed by atoms with Crippen molar-refractivity contribution < 1.29 is 5.11 Å². The van der Waals surface area contributed by atoms with Gasteiger partial charge in [-0.05, 0) is 53.2 Å². The first-order chi connectivity index (χ1) is 8.65. The summed E-state index contributed by atoms with van der Waals surface area (Å²) in [4.78, 5) is 0. The summed E-state index contributed by atoms with van der Waals surface area (Å²) in [6, 6.07) is 8.14. The van der Waals surface area contributed by atoms with Crippen molar-refractivity contribution in [3.05, 3.63) is 28.7 Å². The van der Waals surface area contributed by atoms with Crippen molar-refractivity contribution in [3.8, 4) is 0 Å². The number of hydrogen-bond acceptors (Lipinski definition) is 2. The minimum Gasteiger partial charge on any atom is -0.394 e. The molecule has 0 aliphatic heterocycles. The van der Waals surface area contributed by atoms with E-state index in [0.717, 1.165) is 28.9 Å². The maximum Gasteiger partial charge on any atom is 0.0661 e. The predicted octanol–water partition coefficient (Wildman–Crippen LogP) is 4.19. The normalized spacial score (nSPS) is 28.7. The van der Waals surface area contributed by atoms with E-state index in [2.05, 4.69) is 34.2 Å². The zero-order chi connectivity index (χ0) is 13.0. The van der Waals surface area contributed by atoms with E-state index in [0.29, 0.717) is 0 Å². The molecule has 0 saturated heterocycles. The molecule has 0 amide bonds. The van der Waals surface area contributed by atoms with Gasteiger partial charge in [0.05, 0.1) is 12.1 Å². The van der Waals surface area contributed by atoms with Crippen molar-refractivity contribution in [2.45, 2.75) is 44.6 Å². The summed E-state index contributed by atoms with van der Waals surface area (Å²) in [5, 5.41) is 13.4. The van der Waals surface area contributed by atoms with Crippen LogP contribution in [0.4, 0.5) is 5.69 Å². The van der Waals surface area contributed by atoms with Crippen molar-refractivity contribution in [1.82, 2.24) is 0 Å². The third-order valence-electron chi connectivity index (χ3n) is 4.04. The van der Waals surface area contributed by atoms with E-state index in [4.69, 9.17) is 0 Å². The molecule has 0 heterocycles. The SMILES string of the molecule is CC1CCCC(CO)(Nc2ccccc2Br)CC1. The summed E-state index contributed by atoms with van der Waals surface area (Å²) < 4.78 is 1.06. The van der Waals surface area contributed by atoms with Crippen LogP contribution in [0.5, 0.6) is 0 Å². The zero-order valence-electron chi connectivity index (χ0n) is 11.0. The highest BCUT2D eigenvalue weighted by Gasteiger charge is 2.31. The Hall–Kier alpha value is -0.540. The fourth-order valence-electron chi connectivity index (χ4n) is 2.75. The van der Waals surface area contributed by atoms with Crippen molar-refractivity contribution in [1.29, 1.82) is 0 Å². The Bertz CT molecular complexity index is 396. The quantitative estimate of drug-likeness (QED) is 0.820. The standard InChI is InChI=1S/C15H22BrNO/c1-12-5-4-9-15(11-18,10-8-12)17-14-7-3-2-6-13(14)16/h2-3,6-7,12,17-18H,4-5,8-11H2,1H3. The molecular formula is C15H22BrNO. The smallest absolute Gasteiger partial charge is 0.0661 e. The van der Waals surface area contributed by atoms with Crippen LogP contribution in [0.15, 0.2) is 28.7 Å². The first-order valence-electron chi connectivity index (χ1n) is 6.79. The predicted molar refractivity (Wildman–Crippen MR) is 79.8 cm³/mol. The summed E-state index contributed by atoms with van der Waals surface area (Å²) in [6.07, 6.45) is 5.76. The molecule has 1 aliphatic rings. The van der Waals surface area contributed by atoms with Gasteiger partial charge in [-0.3, -0.25) is 0 Å². The lowest BCUT2D eigenvalue weighted by Crippen LogP contribution is -2.41. The first-order valence-corrected chi connectivity index (χ1v) is 7.58. The molecule has 1 aromatic carbocycles. The maximum atomic E-state index is 9.83. The van der Waals surface area contributed by atoms with E-state index in [-0.39, 0.29) is 12.1 Å². The molecule has 1 fully saturated rings. The molecule has 100 valence electrons. The Labute approximate surface area is 118 Å². The van der Waals surface area contributed by atoms with E-state index < -0.39 is 0 Å². The Morgan fingerprint density at radius 2 is 2.11 bits per heavy atom. The number of halogens is 1. The molecule has 0 radical (unpaired) electrons. The van der Waals surface area contributed by atoms with E-state index in [1.807, 2.05) is 18.2 Å². The van der Waals surface area contributed by atoms with Gasteiger partial charge in [-0.2, -0.15) is 0 Å². The minimum absolute atomic E-state index is 0.144. The van der Waals surface area contributed by atoms with Crippen LogP contribution in [0.25, 0.3) is 0 Å². The van der Waals surface area contributed by atoms with Gasteiger partial charge in [-0.15, -0.1) is 0 Å². The van der Waals surface area contributed by atoms with Gasteiger partial charge in [0.1, 0.15) is 0 Å². The van der Waals surface area contributed by atoms with Crippen molar-refractivity contribution >= 4 is 21.6 Å². The molecule has 2 nitrogen and oxygen atoms in total. The van der Waals surface area contributed by atoms with Crippen LogP contribution in [-0.2, 0) is 0 Å². The highest BCUT2D eigenvalue weighted by Crippen LogP contribution is 2.34. The average molecular weight is 312 g/mol. The molecule has 0 bridgehead atoms. The van der Waals surface area contributed by atoms with Gasteiger partial charge in [-0.25, -0.2) is 0 Å². The van der Waals surface area contributed by atoms with E-state index >= 15 is 0 Å². The van der Waals surface area contributed by atoms with Crippen LogP contribution in [0.1, 0.15) is 39.0 Å². The maximum absolute atomic E-state index is 9.83. The molecule has 2 unspecified atom stereocenters. The molecule has 2 N–H and O–H groups in total. The largest absolute Gasteiger partial charge is 0.394 e. The van der Waals surface area contributed by atoms with Crippen LogP contribution < -0.4 is 5.32 Å². The fourth-order valence-corrected chi connectivity index (χ4v) is 3.14. The van der Waals surface area contributed by atoms with Crippen LogP contribution in [0.2, 0.25) is 0 Å². The lowest BCUT2D eigenvalue weighted by molar-refractivity contribution is 0.194. The third-order valence-corrected chi connectivity index (χ3v) is 4.74. The number of rotatable bonds is 3. The van der Waals surface area contributed by atoms with Gasteiger partial charge in [-0.1, -0.05) is 31.9 Å². The molecule has 1 aliphatic carbocycles.